The molecule has 0 saturated carbocycles. The summed E-state index contributed by atoms with van der Waals surface area (Å²) in [7, 11) is 0. The Morgan fingerprint density at radius 1 is 1.06 bits per heavy atom. The molecule has 7 N–H and O–H groups in total. The Morgan fingerprint density at radius 2 is 1.47 bits per heavy atom. The van der Waals surface area contributed by atoms with E-state index < -0.39 is 49.2 Å². The number of primary amides is 1. The van der Waals surface area contributed by atoms with Gasteiger partial charge in [-0.05, 0) is 0 Å². The fraction of sp³-hybridized carbons (Fsp3) is 0.500. The second-order valence-electron chi connectivity index (χ2n) is 3.06. The minimum Gasteiger partial charge on any atom is -0.383 e. The van der Waals surface area contributed by atoms with Crippen LogP contribution in [0.5, 0.6) is 0 Å². The van der Waals surface area contributed by atoms with Crippen molar-refractivity contribution in [2.24, 2.45) is 17.2 Å². The highest BCUT2D eigenvalue weighted by Crippen LogP contribution is 2.00. The van der Waals surface area contributed by atoms with E-state index in [0.29, 0.717) is 0 Å². The fourth-order valence-corrected chi connectivity index (χ4v) is 0.994. The van der Waals surface area contributed by atoms with Gasteiger partial charge in [0.2, 0.25) is 17.7 Å². The molecule has 0 saturated heterocycles. The van der Waals surface area contributed by atoms with Crippen LogP contribution in [0, 0.1) is 0 Å². The van der Waals surface area contributed by atoms with E-state index in [2.05, 4.69) is 0 Å². The number of nitrogens with two attached hydrogens (primary N) is 3. The van der Waals surface area contributed by atoms with Crippen molar-refractivity contribution in [2.75, 3.05) is 13.1 Å². The lowest BCUT2D eigenvalue weighted by molar-refractivity contribution is -0.158. The summed E-state index contributed by atoms with van der Waals surface area (Å²) in [4.78, 5) is 44.5. The maximum atomic E-state index is 11.5. The normalized spacial score (nSPS) is 11.7. The first kappa shape index (κ1) is 15.2. The number of rotatable bonds is 5. The summed E-state index contributed by atoms with van der Waals surface area (Å²) >= 11 is 0. The maximum absolute atomic E-state index is 11.5. The van der Waals surface area contributed by atoms with E-state index in [4.69, 9.17) is 17.2 Å². The third kappa shape index (κ3) is 4.26. The lowest BCUT2D eigenvalue weighted by Gasteiger charge is -2.20. The third-order valence-electron chi connectivity index (χ3n) is 1.75. The fourth-order valence-electron chi connectivity index (χ4n) is 0.994. The summed E-state index contributed by atoms with van der Waals surface area (Å²) in [6, 6.07) is 0. The molecular formula is C8H14N4O5. The molecule has 9 nitrogen and oxygen atoms in total. The van der Waals surface area contributed by atoms with Crippen molar-refractivity contribution in [3.63, 3.8) is 0 Å². The summed E-state index contributed by atoms with van der Waals surface area (Å²) in [5, 5.41) is 9.27. The molecule has 0 spiro atoms. The second kappa shape index (κ2) is 6.68. The molecule has 0 aromatic carbocycles. The van der Waals surface area contributed by atoms with E-state index in [1.807, 2.05) is 0 Å². The number of hydrogen-bond acceptors (Lipinski definition) is 7. The topological polar surface area (TPSA) is 170 Å². The number of carbonyl (C=O) groups is 4. The first-order chi connectivity index (χ1) is 7.84. The Labute approximate surface area is 96.5 Å². The van der Waals surface area contributed by atoms with Gasteiger partial charge in [-0.15, -0.1) is 0 Å². The third-order valence-corrected chi connectivity index (χ3v) is 1.75. The average molecular weight is 246 g/mol. The number of hydrogen-bond donors (Lipinski definition) is 4. The van der Waals surface area contributed by atoms with Crippen LogP contribution in [0.15, 0.2) is 0 Å². The van der Waals surface area contributed by atoms with Gasteiger partial charge in [0, 0.05) is 0 Å². The first-order valence-corrected chi connectivity index (χ1v) is 4.61. The number of carbonyl (C=O) groups excluding carboxylic acids is 4. The highest BCUT2D eigenvalue weighted by atomic mass is 16.3. The molecule has 0 bridgehead atoms. The zero-order chi connectivity index (χ0) is 13.6. The monoisotopic (exact) mass is 246 g/mol. The van der Waals surface area contributed by atoms with Gasteiger partial charge in [-0.3, -0.25) is 19.2 Å². The molecular weight excluding hydrogens is 232 g/mol. The minimum absolute atomic E-state index is 0.119. The molecule has 0 aromatic heterocycles. The largest absolute Gasteiger partial charge is 0.383 e. The molecule has 0 aliphatic rings. The minimum atomic E-state index is -1.88. The standard InChI is InChI=1S/C8H14N4O5/c9-2-6(15)12(7(16)3-10)8(17)4(13)1-5(11)14/h4,13H,1-3,9-10H2,(H2,11,14). The predicted octanol–water partition coefficient (Wildman–Crippen LogP) is -3.98. The Hall–Kier alpha value is -1.84. The zero-order valence-corrected chi connectivity index (χ0v) is 8.96. The molecule has 0 heterocycles. The van der Waals surface area contributed by atoms with Crippen LogP contribution in [-0.4, -0.2) is 52.8 Å². The van der Waals surface area contributed by atoms with E-state index in [-0.39, 0.29) is 4.90 Å². The Balaban J connectivity index is 4.93. The average Bonchev–Trinajstić information content (AvgIpc) is 2.27. The molecule has 1 unspecified atom stereocenters. The summed E-state index contributed by atoms with van der Waals surface area (Å²) in [6.45, 7) is -1.22. The van der Waals surface area contributed by atoms with Gasteiger partial charge in [-0.2, -0.15) is 0 Å². The zero-order valence-electron chi connectivity index (χ0n) is 8.96. The van der Waals surface area contributed by atoms with Gasteiger partial charge < -0.3 is 22.3 Å². The molecule has 1 atom stereocenters. The van der Waals surface area contributed by atoms with E-state index in [1.54, 1.807) is 0 Å². The van der Waals surface area contributed by atoms with Gasteiger partial charge in [0.05, 0.1) is 19.5 Å². The Bertz CT molecular complexity index is 327. The van der Waals surface area contributed by atoms with Crippen molar-refractivity contribution in [3.05, 3.63) is 0 Å². The molecule has 96 valence electrons. The first-order valence-electron chi connectivity index (χ1n) is 4.61. The van der Waals surface area contributed by atoms with Crippen LogP contribution in [-0.2, 0) is 19.2 Å². The van der Waals surface area contributed by atoms with Crippen molar-refractivity contribution in [1.29, 1.82) is 0 Å². The summed E-state index contributed by atoms with van der Waals surface area (Å²) in [5.74, 6) is -4.26. The predicted molar refractivity (Wildman–Crippen MR) is 54.8 cm³/mol. The van der Waals surface area contributed by atoms with E-state index in [1.165, 1.54) is 0 Å². The molecule has 0 aliphatic heterocycles. The van der Waals surface area contributed by atoms with Crippen LogP contribution >= 0.6 is 0 Å². The SMILES string of the molecule is NCC(=O)N(C(=O)CN)C(=O)C(O)CC(N)=O. The lowest BCUT2D eigenvalue weighted by Crippen LogP contribution is -2.51. The molecule has 9 heteroatoms. The van der Waals surface area contributed by atoms with Gasteiger partial charge in [-0.25, -0.2) is 4.90 Å². The number of aliphatic hydroxyl groups is 1. The molecule has 0 rings (SSSR count). The highest BCUT2D eigenvalue weighted by molar-refractivity contribution is 6.13. The number of aliphatic hydroxyl groups excluding tert-OH is 1. The van der Waals surface area contributed by atoms with Crippen LogP contribution in [0.3, 0.4) is 0 Å². The maximum Gasteiger partial charge on any atom is 0.265 e. The Morgan fingerprint density at radius 3 is 1.76 bits per heavy atom. The molecule has 0 fully saturated rings. The van der Waals surface area contributed by atoms with Crippen molar-refractivity contribution < 1.29 is 24.3 Å². The summed E-state index contributed by atoms with van der Waals surface area (Å²) in [5.41, 5.74) is 14.7. The van der Waals surface area contributed by atoms with Crippen molar-refractivity contribution >= 4 is 23.6 Å². The van der Waals surface area contributed by atoms with Crippen LogP contribution in [0.2, 0.25) is 0 Å². The van der Waals surface area contributed by atoms with E-state index in [0.717, 1.165) is 0 Å². The van der Waals surface area contributed by atoms with E-state index in [9.17, 15) is 24.3 Å². The lowest BCUT2D eigenvalue weighted by atomic mass is 10.2. The summed E-state index contributed by atoms with van der Waals surface area (Å²) in [6.07, 6.45) is -2.58. The molecule has 17 heavy (non-hydrogen) atoms. The van der Waals surface area contributed by atoms with Gasteiger partial charge >= 0.3 is 0 Å². The quantitative estimate of drug-likeness (QED) is 0.383. The molecule has 0 aliphatic carbocycles. The van der Waals surface area contributed by atoms with Crippen molar-refractivity contribution in [1.82, 2.24) is 4.90 Å². The molecule has 4 amide bonds. The van der Waals surface area contributed by atoms with Gasteiger partial charge in [0.1, 0.15) is 6.10 Å². The van der Waals surface area contributed by atoms with E-state index >= 15 is 0 Å². The van der Waals surface area contributed by atoms with Crippen molar-refractivity contribution in [3.8, 4) is 0 Å². The molecule has 0 radical (unpaired) electrons. The van der Waals surface area contributed by atoms with Crippen LogP contribution in [0.1, 0.15) is 6.42 Å². The van der Waals surface area contributed by atoms with Gasteiger partial charge in [0.25, 0.3) is 5.91 Å². The highest BCUT2D eigenvalue weighted by Gasteiger charge is 2.32. The number of amides is 4. The van der Waals surface area contributed by atoms with Gasteiger partial charge in [0.15, 0.2) is 0 Å². The van der Waals surface area contributed by atoms with Gasteiger partial charge in [-0.1, -0.05) is 0 Å². The number of nitrogens with zero attached hydrogens (tertiary/aromatic N) is 1. The number of imide groups is 3. The van der Waals surface area contributed by atoms with Crippen LogP contribution in [0.4, 0.5) is 0 Å². The Kier molecular flexibility index (Phi) is 5.96. The summed E-state index contributed by atoms with van der Waals surface area (Å²) < 4.78 is 0. The molecule has 0 aromatic rings. The smallest absolute Gasteiger partial charge is 0.265 e. The van der Waals surface area contributed by atoms with Crippen LogP contribution < -0.4 is 17.2 Å². The van der Waals surface area contributed by atoms with Crippen LogP contribution in [0.25, 0.3) is 0 Å². The second-order valence-corrected chi connectivity index (χ2v) is 3.06. The van der Waals surface area contributed by atoms with Crippen molar-refractivity contribution in [2.45, 2.75) is 12.5 Å².